The molecule has 7 heteroatoms. The third-order valence-electron chi connectivity index (χ3n) is 4.29. The molecule has 118 valence electrons. The molecule has 0 spiro atoms. The topological polar surface area (TPSA) is 89.3 Å². The molecule has 1 N–H and O–H groups in total. The number of carbonyl (C=O) groups is 1. The maximum atomic E-state index is 11.5. The van der Waals surface area contributed by atoms with Crippen molar-refractivity contribution < 1.29 is 18.3 Å². The molecule has 21 heavy (non-hydrogen) atoms. The molecule has 0 aromatic carbocycles. The summed E-state index contributed by atoms with van der Waals surface area (Å²) >= 11 is 0. The Labute approximate surface area is 125 Å². The second-order valence-electron chi connectivity index (χ2n) is 5.86. The minimum absolute atomic E-state index is 0.0178. The SMILES string of the molecule is CCC(C)n1ccc(CC(C(=O)O)C2CCS(=O)(=O)C2)n1. The molecule has 0 aliphatic carbocycles. The maximum absolute atomic E-state index is 11.5. The van der Waals surface area contributed by atoms with E-state index in [-0.39, 0.29) is 23.5 Å². The van der Waals surface area contributed by atoms with Crippen LogP contribution >= 0.6 is 0 Å². The molecular formula is C14H22N2O4S. The van der Waals surface area contributed by atoms with Crippen molar-refractivity contribution in [2.24, 2.45) is 11.8 Å². The summed E-state index contributed by atoms with van der Waals surface area (Å²) in [6.45, 7) is 4.12. The molecule has 3 unspecified atom stereocenters. The van der Waals surface area contributed by atoms with Gasteiger partial charge in [0, 0.05) is 18.7 Å². The van der Waals surface area contributed by atoms with E-state index in [1.54, 1.807) is 0 Å². The molecule has 0 saturated carbocycles. The first-order chi connectivity index (χ1) is 9.82. The number of carboxylic acid groups (broad SMARTS) is 1. The number of aliphatic carboxylic acids is 1. The zero-order valence-electron chi connectivity index (χ0n) is 12.4. The first-order valence-corrected chi connectivity index (χ1v) is 9.11. The Bertz CT molecular complexity index is 608. The Kier molecular flexibility index (Phi) is 4.70. The fraction of sp³-hybridized carbons (Fsp3) is 0.714. The van der Waals surface area contributed by atoms with Crippen molar-refractivity contribution in [3.63, 3.8) is 0 Å². The molecule has 1 aromatic heterocycles. The Morgan fingerprint density at radius 1 is 1.57 bits per heavy atom. The highest BCUT2D eigenvalue weighted by atomic mass is 32.2. The average Bonchev–Trinajstić information content (AvgIpc) is 3.01. The van der Waals surface area contributed by atoms with E-state index < -0.39 is 21.7 Å². The van der Waals surface area contributed by atoms with Gasteiger partial charge in [-0.1, -0.05) is 6.92 Å². The highest BCUT2D eigenvalue weighted by Gasteiger charge is 2.37. The summed E-state index contributed by atoms with van der Waals surface area (Å²) in [6, 6.07) is 2.10. The van der Waals surface area contributed by atoms with Crippen molar-refractivity contribution >= 4 is 15.8 Å². The van der Waals surface area contributed by atoms with E-state index >= 15 is 0 Å². The van der Waals surface area contributed by atoms with Crippen LogP contribution in [0.4, 0.5) is 0 Å². The van der Waals surface area contributed by atoms with Gasteiger partial charge in [-0.05, 0) is 31.7 Å². The number of rotatable bonds is 6. The van der Waals surface area contributed by atoms with E-state index in [9.17, 15) is 18.3 Å². The molecular weight excluding hydrogens is 292 g/mol. The summed E-state index contributed by atoms with van der Waals surface area (Å²) in [5.41, 5.74) is 0.715. The third-order valence-corrected chi connectivity index (χ3v) is 6.08. The minimum Gasteiger partial charge on any atom is -0.481 e. The standard InChI is InChI=1S/C14H22N2O4S/c1-3-10(2)16-6-4-12(15-16)8-13(14(17)18)11-5-7-21(19,20)9-11/h4,6,10-11,13H,3,5,7-9H2,1-2H3,(H,17,18). The van der Waals surface area contributed by atoms with E-state index in [0.29, 0.717) is 18.5 Å². The summed E-state index contributed by atoms with van der Waals surface area (Å²) < 4.78 is 24.9. The summed E-state index contributed by atoms with van der Waals surface area (Å²) in [7, 11) is -3.07. The maximum Gasteiger partial charge on any atom is 0.307 e. The van der Waals surface area contributed by atoms with Crippen molar-refractivity contribution in [2.75, 3.05) is 11.5 Å². The first-order valence-electron chi connectivity index (χ1n) is 7.29. The van der Waals surface area contributed by atoms with Crippen LogP contribution in [0.1, 0.15) is 38.4 Å². The van der Waals surface area contributed by atoms with E-state index in [2.05, 4.69) is 18.9 Å². The quantitative estimate of drug-likeness (QED) is 0.860. The van der Waals surface area contributed by atoms with E-state index in [1.165, 1.54) is 0 Å². The molecule has 3 atom stereocenters. The molecule has 1 saturated heterocycles. The molecule has 0 radical (unpaired) electrons. The second kappa shape index (κ2) is 6.17. The van der Waals surface area contributed by atoms with Crippen molar-refractivity contribution in [1.82, 2.24) is 9.78 Å². The predicted molar refractivity (Wildman–Crippen MR) is 78.8 cm³/mol. The fourth-order valence-electron chi connectivity index (χ4n) is 2.74. The predicted octanol–water partition coefficient (Wildman–Crippen LogP) is 1.53. The summed E-state index contributed by atoms with van der Waals surface area (Å²) in [5.74, 6) is -1.84. The lowest BCUT2D eigenvalue weighted by Crippen LogP contribution is -2.27. The van der Waals surface area contributed by atoms with Gasteiger partial charge in [0.05, 0.1) is 23.1 Å². The Morgan fingerprint density at radius 2 is 2.29 bits per heavy atom. The Hall–Kier alpha value is -1.37. The van der Waals surface area contributed by atoms with Crippen molar-refractivity contribution in [1.29, 1.82) is 0 Å². The van der Waals surface area contributed by atoms with Crippen LogP contribution in [-0.2, 0) is 21.1 Å². The van der Waals surface area contributed by atoms with Gasteiger partial charge in [-0.15, -0.1) is 0 Å². The van der Waals surface area contributed by atoms with E-state index in [4.69, 9.17) is 0 Å². The van der Waals surface area contributed by atoms with Crippen LogP contribution in [0, 0.1) is 11.8 Å². The second-order valence-corrected chi connectivity index (χ2v) is 8.09. The zero-order valence-corrected chi connectivity index (χ0v) is 13.2. The van der Waals surface area contributed by atoms with Gasteiger partial charge in [-0.3, -0.25) is 9.48 Å². The molecule has 0 amide bonds. The lowest BCUT2D eigenvalue weighted by atomic mass is 9.88. The highest BCUT2D eigenvalue weighted by molar-refractivity contribution is 7.91. The van der Waals surface area contributed by atoms with E-state index in [0.717, 1.165) is 6.42 Å². The van der Waals surface area contributed by atoms with Crippen molar-refractivity contribution in [3.8, 4) is 0 Å². The van der Waals surface area contributed by atoms with Gasteiger partial charge in [0.2, 0.25) is 0 Å². The third kappa shape index (κ3) is 3.84. The minimum atomic E-state index is -3.07. The molecule has 2 rings (SSSR count). The monoisotopic (exact) mass is 314 g/mol. The Morgan fingerprint density at radius 3 is 2.81 bits per heavy atom. The largest absolute Gasteiger partial charge is 0.481 e. The van der Waals surface area contributed by atoms with Crippen molar-refractivity contribution in [3.05, 3.63) is 18.0 Å². The highest BCUT2D eigenvalue weighted by Crippen LogP contribution is 2.28. The molecule has 1 fully saturated rings. The van der Waals surface area contributed by atoms with Crippen LogP contribution in [0.3, 0.4) is 0 Å². The van der Waals surface area contributed by atoms with Crippen LogP contribution < -0.4 is 0 Å². The van der Waals surface area contributed by atoms with Gasteiger partial charge >= 0.3 is 5.97 Å². The van der Waals surface area contributed by atoms with E-state index in [1.807, 2.05) is 16.9 Å². The lowest BCUT2D eigenvalue weighted by Gasteiger charge is -2.17. The number of carboxylic acids is 1. The number of aromatic nitrogens is 2. The lowest BCUT2D eigenvalue weighted by molar-refractivity contribution is -0.143. The van der Waals surface area contributed by atoms with Crippen LogP contribution in [-0.4, -0.2) is 40.8 Å². The number of hydrogen-bond donors (Lipinski definition) is 1. The molecule has 6 nitrogen and oxygen atoms in total. The van der Waals surface area contributed by atoms with Crippen LogP contribution in [0.25, 0.3) is 0 Å². The smallest absolute Gasteiger partial charge is 0.307 e. The Balaban J connectivity index is 2.10. The fourth-order valence-corrected chi connectivity index (χ4v) is 4.62. The summed E-state index contributed by atoms with van der Waals surface area (Å²) in [4.78, 5) is 11.5. The first kappa shape index (κ1) is 16.0. The molecule has 1 aromatic rings. The van der Waals surface area contributed by atoms with Gasteiger partial charge in [-0.25, -0.2) is 8.42 Å². The van der Waals surface area contributed by atoms with Gasteiger partial charge < -0.3 is 5.11 Å². The summed E-state index contributed by atoms with van der Waals surface area (Å²) in [5, 5.41) is 13.8. The number of nitrogens with zero attached hydrogens (tertiary/aromatic N) is 2. The molecule has 0 bridgehead atoms. The van der Waals surface area contributed by atoms with Crippen LogP contribution in [0.15, 0.2) is 12.3 Å². The average molecular weight is 314 g/mol. The molecule has 1 aliphatic heterocycles. The van der Waals surface area contributed by atoms with Gasteiger partial charge in [-0.2, -0.15) is 5.10 Å². The van der Waals surface area contributed by atoms with Crippen LogP contribution in [0.5, 0.6) is 0 Å². The van der Waals surface area contributed by atoms with Crippen LogP contribution in [0.2, 0.25) is 0 Å². The normalized spacial score (nSPS) is 23.8. The molecule has 2 heterocycles. The van der Waals surface area contributed by atoms with Gasteiger partial charge in [0.15, 0.2) is 9.84 Å². The summed E-state index contributed by atoms with van der Waals surface area (Å²) in [6.07, 6.45) is 3.53. The van der Waals surface area contributed by atoms with Gasteiger partial charge in [0.1, 0.15) is 0 Å². The number of sulfone groups is 1. The zero-order chi connectivity index (χ0) is 15.6. The molecule has 1 aliphatic rings. The van der Waals surface area contributed by atoms with Gasteiger partial charge in [0.25, 0.3) is 0 Å². The number of hydrogen-bond acceptors (Lipinski definition) is 4. The van der Waals surface area contributed by atoms with Crippen molar-refractivity contribution in [2.45, 2.75) is 39.2 Å².